The van der Waals surface area contributed by atoms with Crippen molar-refractivity contribution < 1.29 is 4.79 Å². The van der Waals surface area contributed by atoms with Gasteiger partial charge in [0.15, 0.2) is 0 Å². The monoisotopic (exact) mass is 157 g/mol. The van der Waals surface area contributed by atoms with Crippen molar-refractivity contribution in [3.05, 3.63) is 0 Å². The quantitative estimate of drug-likeness (QED) is 0.519. The Morgan fingerprint density at radius 3 is 2.64 bits per heavy atom. The summed E-state index contributed by atoms with van der Waals surface area (Å²) < 4.78 is 0. The van der Waals surface area contributed by atoms with Gasteiger partial charge in [-0.05, 0) is 14.1 Å². The molecule has 1 aliphatic heterocycles. The van der Waals surface area contributed by atoms with Crippen LogP contribution in [0.15, 0.2) is 0 Å². The van der Waals surface area contributed by atoms with E-state index in [0.717, 1.165) is 13.1 Å². The van der Waals surface area contributed by atoms with Crippen molar-refractivity contribution in [2.24, 2.45) is 11.7 Å². The molecule has 11 heavy (non-hydrogen) atoms. The molecule has 0 spiro atoms. The van der Waals surface area contributed by atoms with Gasteiger partial charge < -0.3 is 16.0 Å². The first-order chi connectivity index (χ1) is 5.15. The van der Waals surface area contributed by atoms with Crippen LogP contribution in [-0.2, 0) is 4.79 Å². The molecule has 1 amide bonds. The molecule has 0 saturated carbocycles. The smallest absolute Gasteiger partial charge is 0.223 e. The number of rotatable bonds is 2. The highest BCUT2D eigenvalue weighted by atomic mass is 16.1. The lowest BCUT2D eigenvalue weighted by Gasteiger charge is -2.13. The molecule has 0 aromatic carbocycles. The lowest BCUT2D eigenvalue weighted by atomic mass is 10.0. The number of nitrogens with one attached hydrogen (secondary N) is 1. The van der Waals surface area contributed by atoms with Crippen molar-refractivity contribution in [1.82, 2.24) is 10.2 Å². The molecule has 0 aromatic heterocycles. The van der Waals surface area contributed by atoms with Gasteiger partial charge in [0.1, 0.15) is 0 Å². The van der Waals surface area contributed by atoms with E-state index in [1.54, 1.807) is 0 Å². The second-order valence-electron chi connectivity index (χ2n) is 3.13. The van der Waals surface area contributed by atoms with Crippen LogP contribution in [0.1, 0.15) is 0 Å². The molecule has 0 radical (unpaired) electrons. The number of primary amides is 1. The third kappa shape index (κ3) is 1.70. The molecular formula is C7H15N3O. The van der Waals surface area contributed by atoms with Gasteiger partial charge in [-0.25, -0.2) is 0 Å². The highest BCUT2D eigenvalue weighted by molar-refractivity contribution is 5.78. The fourth-order valence-electron chi connectivity index (χ4n) is 1.58. The summed E-state index contributed by atoms with van der Waals surface area (Å²) in [5.74, 6) is -0.223. The van der Waals surface area contributed by atoms with Crippen molar-refractivity contribution in [2.45, 2.75) is 6.04 Å². The van der Waals surface area contributed by atoms with Gasteiger partial charge in [-0.2, -0.15) is 0 Å². The molecule has 4 nitrogen and oxygen atoms in total. The van der Waals surface area contributed by atoms with Crippen LogP contribution in [0.25, 0.3) is 0 Å². The Hall–Kier alpha value is -0.610. The number of amides is 1. The van der Waals surface area contributed by atoms with Crippen LogP contribution < -0.4 is 11.1 Å². The predicted molar refractivity (Wildman–Crippen MR) is 43.0 cm³/mol. The Kier molecular flexibility index (Phi) is 2.46. The van der Waals surface area contributed by atoms with Crippen LogP contribution >= 0.6 is 0 Å². The van der Waals surface area contributed by atoms with E-state index >= 15 is 0 Å². The van der Waals surface area contributed by atoms with Crippen LogP contribution in [0.5, 0.6) is 0 Å². The molecule has 64 valence electrons. The summed E-state index contributed by atoms with van der Waals surface area (Å²) in [6.07, 6.45) is 0. The van der Waals surface area contributed by atoms with E-state index in [1.807, 2.05) is 14.1 Å². The van der Waals surface area contributed by atoms with E-state index in [4.69, 9.17) is 5.73 Å². The van der Waals surface area contributed by atoms with Crippen LogP contribution in [0, 0.1) is 5.92 Å². The van der Waals surface area contributed by atoms with Crippen molar-refractivity contribution in [2.75, 3.05) is 27.2 Å². The summed E-state index contributed by atoms with van der Waals surface area (Å²) in [5, 5.41) is 3.08. The van der Waals surface area contributed by atoms with Gasteiger partial charge in [0.2, 0.25) is 5.91 Å². The van der Waals surface area contributed by atoms with Crippen LogP contribution in [0.2, 0.25) is 0 Å². The van der Waals surface area contributed by atoms with Crippen LogP contribution in [0.3, 0.4) is 0 Å². The van der Waals surface area contributed by atoms with Gasteiger partial charge in [-0.1, -0.05) is 0 Å². The molecule has 2 atom stereocenters. The molecule has 3 N–H and O–H groups in total. The topological polar surface area (TPSA) is 58.4 Å². The average molecular weight is 157 g/mol. The standard InChI is InChI=1S/C7H15N3O/c1-9-6-4-10(2)3-5(6)7(8)11/h5-6,9H,3-4H2,1-2H3,(H2,8,11). The Bertz CT molecular complexity index is 160. The summed E-state index contributed by atoms with van der Waals surface area (Å²) in [5.41, 5.74) is 5.22. The SMILES string of the molecule is CNC1CN(C)CC1C(N)=O. The van der Waals surface area contributed by atoms with Crippen molar-refractivity contribution in [3.63, 3.8) is 0 Å². The zero-order chi connectivity index (χ0) is 8.43. The summed E-state index contributed by atoms with van der Waals surface area (Å²) in [6, 6.07) is 0.234. The van der Waals surface area contributed by atoms with Gasteiger partial charge in [-0.3, -0.25) is 4.79 Å². The van der Waals surface area contributed by atoms with Gasteiger partial charge in [0, 0.05) is 19.1 Å². The normalized spacial score (nSPS) is 32.5. The second-order valence-corrected chi connectivity index (χ2v) is 3.13. The largest absolute Gasteiger partial charge is 0.369 e. The van der Waals surface area contributed by atoms with E-state index < -0.39 is 0 Å². The lowest BCUT2D eigenvalue weighted by molar-refractivity contribution is -0.121. The van der Waals surface area contributed by atoms with E-state index in [-0.39, 0.29) is 17.9 Å². The van der Waals surface area contributed by atoms with Crippen LogP contribution in [0.4, 0.5) is 0 Å². The van der Waals surface area contributed by atoms with E-state index in [2.05, 4.69) is 10.2 Å². The minimum atomic E-state index is -0.200. The molecule has 0 aromatic rings. The van der Waals surface area contributed by atoms with E-state index in [9.17, 15) is 4.79 Å². The number of nitrogens with two attached hydrogens (primary N) is 1. The molecule has 2 unspecified atom stereocenters. The fourth-order valence-corrected chi connectivity index (χ4v) is 1.58. The predicted octanol–water partition coefficient (Wildman–Crippen LogP) is -1.38. The van der Waals surface area contributed by atoms with Crippen molar-refractivity contribution in [3.8, 4) is 0 Å². The summed E-state index contributed by atoms with van der Waals surface area (Å²) in [6.45, 7) is 1.69. The number of carbonyl (C=O) groups is 1. The Labute approximate surface area is 66.7 Å². The molecule has 1 saturated heterocycles. The van der Waals surface area contributed by atoms with Gasteiger partial charge >= 0.3 is 0 Å². The van der Waals surface area contributed by atoms with Crippen molar-refractivity contribution in [1.29, 1.82) is 0 Å². The highest BCUT2D eigenvalue weighted by Gasteiger charge is 2.33. The maximum absolute atomic E-state index is 10.9. The number of hydrogen-bond acceptors (Lipinski definition) is 3. The average Bonchev–Trinajstić information content (AvgIpc) is 2.30. The zero-order valence-corrected chi connectivity index (χ0v) is 7.00. The fraction of sp³-hybridized carbons (Fsp3) is 0.857. The minimum Gasteiger partial charge on any atom is -0.369 e. The summed E-state index contributed by atoms with van der Waals surface area (Å²) in [7, 11) is 3.85. The first-order valence-corrected chi connectivity index (χ1v) is 3.80. The molecule has 1 rings (SSSR count). The number of hydrogen-bond donors (Lipinski definition) is 2. The lowest BCUT2D eigenvalue weighted by Crippen LogP contribution is -2.40. The third-order valence-corrected chi connectivity index (χ3v) is 2.24. The second kappa shape index (κ2) is 3.19. The minimum absolute atomic E-state index is 0.0231. The van der Waals surface area contributed by atoms with Gasteiger partial charge in [-0.15, -0.1) is 0 Å². The van der Waals surface area contributed by atoms with Crippen LogP contribution in [-0.4, -0.2) is 44.0 Å². The maximum atomic E-state index is 10.9. The van der Waals surface area contributed by atoms with Crippen molar-refractivity contribution >= 4 is 5.91 Å². The molecule has 1 fully saturated rings. The van der Waals surface area contributed by atoms with E-state index in [0.29, 0.717) is 0 Å². The first-order valence-electron chi connectivity index (χ1n) is 3.80. The number of likely N-dealkylation sites (tertiary alicyclic amines) is 1. The molecule has 1 heterocycles. The van der Waals surface area contributed by atoms with Gasteiger partial charge in [0.25, 0.3) is 0 Å². The number of likely N-dealkylation sites (N-methyl/N-ethyl adjacent to an activating group) is 2. The Balaban J connectivity index is 2.57. The molecule has 0 bridgehead atoms. The zero-order valence-electron chi connectivity index (χ0n) is 7.00. The molecule has 4 heteroatoms. The summed E-state index contributed by atoms with van der Waals surface area (Å²) in [4.78, 5) is 13.0. The molecular weight excluding hydrogens is 142 g/mol. The highest BCUT2D eigenvalue weighted by Crippen LogP contribution is 2.13. The Morgan fingerprint density at radius 1 is 1.64 bits per heavy atom. The molecule has 1 aliphatic rings. The number of nitrogens with zero attached hydrogens (tertiary/aromatic N) is 1. The summed E-state index contributed by atoms with van der Waals surface area (Å²) >= 11 is 0. The number of carbonyl (C=O) groups excluding carboxylic acids is 1. The van der Waals surface area contributed by atoms with E-state index in [1.165, 1.54) is 0 Å². The third-order valence-electron chi connectivity index (χ3n) is 2.24. The Morgan fingerprint density at radius 2 is 2.27 bits per heavy atom. The molecule has 0 aliphatic carbocycles. The van der Waals surface area contributed by atoms with Gasteiger partial charge in [0.05, 0.1) is 5.92 Å². The maximum Gasteiger partial charge on any atom is 0.223 e. The first kappa shape index (κ1) is 8.49.